The molecule has 5 heteroatoms. The zero-order valence-corrected chi connectivity index (χ0v) is 12.6. The third-order valence-corrected chi connectivity index (χ3v) is 5.10. The van der Waals surface area contributed by atoms with Gasteiger partial charge in [-0.25, -0.2) is 4.39 Å². The summed E-state index contributed by atoms with van der Waals surface area (Å²) in [4.78, 5) is 23.9. The molecule has 2 aliphatic rings. The van der Waals surface area contributed by atoms with Gasteiger partial charge in [-0.05, 0) is 68.2 Å². The predicted octanol–water partition coefficient (Wildman–Crippen LogP) is 2.71. The Kier molecular flexibility index (Phi) is 4.14. The quantitative estimate of drug-likeness (QED) is 0.844. The van der Waals surface area contributed by atoms with Crippen LogP contribution in [0.1, 0.15) is 32.6 Å². The summed E-state index contributed by atoms with van der Waals surface area (Å²) in [6.45, 7) is 1.98. The zero-order chi connectivity index (χ0) is 15.7. The molecule has 4 nitrogen and oxygen atoms in total. The molecule has 2 amide bonds. The van der Waals surface area contributed by atoms with Crippen LogP contribution in [0.5, 0.6) is 0 Å². The van der Waals surface area contributed by atoms with Gasteiger partial charge < -0.3 is 10.6 Å². The van der Waals surface area contributed by atoms with Gasteiger partial charge in [0.1, 0.15) is 5.82 Å². The fourth-order valence-corrected chi connectivity index (χ4v) is 4.01. The Morgan fingerprint density at radius 1 is 1.14 bits per heavy atom. The third-order valence-electron chi connectivity index (χ3n) is 5.10. The monoisotopic (exact) mass is 304 g/mol. The second-order valence-electron chi connectivity index (χ2n) is 6.56. The maximum absolute atomic E-state index is 12.8. The molecule has 2 N–H and O–H groups in total. The van der Waals surface area contributed by atoms with E-state index in [4.69, 9.17) is 0 Å². The molecule has 4 atom stereocenters. The minimum absolute atomic E-state index is 0.0155. The van der Waals surface area contributed by atoms with E-state index in [0.717, 1.165) is 12.3 Å². The second kappa shape index (κ2) is 6.07. The first-order valence-electron chi connectivity index (χ1n) is 7.90. The first-order valence-corrected chi connectivity index (χ1v) is 7.90. The Balaban J connectivity index is 1.52. The molecule has 0 radical (unpaired) electrons. The number of carbonyl (C=O) groups is 2. The normalized spacial score (nSPS) is 27.5. The minimum atomic E-state index is -0.707. The summed E-state index contributed by atoms with van der Waals surface area (Å²) in [6.07, 6.45) is 4.99. The Morgan fingerprint density at radius 3 is 2.45 bits per heavy atom. The fourth-order valence-electron chi connectivity index (χ4n) is 4.01. The van der Waals surface area contributed by atoms with Crippen LogP contribution >= 0.6 is 0 Å². The standard InChI is InChI=1S/C17H21FN2O2/c1-10(15-9-11-2-3-12(15)8-11)19-16(21)17(22)20-14-6-4-13(18)5-7-14/h4-7,10-12,15H,2-3,8-9H2,1H3,(H,19,21)(H,20,22). The van der Waals surface area contributed by atoms with Crippen LogP contribution in [-0.2, 0) is 9.59 Å². The van der Waals surface area contributed by atoms with Crippen LogP contribution in [-0.4, -0.2) is 17.9 Å². The number of carbonyl (C=O) groups excluding carboxylic acids is 2. The Labute approximate surface area is 129 Å². The number of hydrogen-bond donors (Lipinski definition) is 2. The van der Waals surface area contributed by atoms with Gasteiger partial charge in [0.25, 0.3) is 0 Å². The largest absolute Gasteiger partial charge is 0.345 e. The molecule has 0 spiro atoms. The molecule has 0 aromatic heterocycles. The van der Waals surface area contributed by atoms with Crippen LogP contribution in [0.2, 0.25) is 0 Å². The van der Waals surface area contributed by atoms with E-state index in [1.54, 1.807) is 0 Å². The Bertz CT molecular complexity index is 573. The molecule has 1 aromatic rings. The first-order chi connectivity index (χ1) is 10.5. The predicted molar refractivity (Wildman–Crippen MR) is 81.6 cm³/mol. The number of anilines is 1. The molecule has 2 aliphatic carbocycles. The lowest BCUT2D eigenvalue weighted by Crippen LogP contribution is -2.45. The summed E-state index contributed by atoms with van der Waals surface area (Å²) in [6, 6.07) is 5.36. The molecule has 2 bridgehead atoms. The van der Waals surface area contributed by atoms with Crippen LogP contribution in [0, 0.1) is 23.6 Å². The molecule has 0 saturated heterocycles. The number of amides is 2. The SMILES string of the molecule is CC(NC(=O)C(=O)Nc1ccc(F)cc1)C1CC2CCC1C2. The van der Waals surface area contributed by atoms with Gasteiger partial charge in [0.15, 0.2) is 0 Å². The average Bonchev–Trinajstić information content (AvgIpc) is 3.12. The summed E-state index contributed by atoms with van der Waals surface area (Å²) in [5.74, 6) is 0.276. The molecular formula is C17H21FN2O2. The summed E-state index contributed by atoms with van der Waals surface area (Å²) in [7, 11) is 0. The van der Waals surface area contributed by atoms with Gasteiger partial charge in [-0.15, -0.1) is 0 Å². The summed E-state index contributed by atoms with van der Waals surface area (Å²) >= 11 is 0. The lowest BCUT2D eigenvalue weighted by atomic mass is 9.84. The van der Waals surface area contributed by atoms with Gasteiger partial charge in [0.05, 0.1) is 0 Å². The van der Waals surface area contributed by atoms with Crippen molar-refractivity contribution >= 4 is 17.5 Å². The molecule has 0 aliphatic heterocycles. The van der Waals surface area contributed by atoms with E-state index < -0.39 is 11.8 Å². The maximum atomic E-state index is 12.8. The average molecular weight is 304 g/mol. The summed E-state index contributed by atoms with van der Waals surface area (Å²) in [5, 5.41) is 5.29. The molecule has 1 aromatic carbocycles. The molecule has 2 fully saturated rings. The zero-order valence-electron chi connectivity index (χ0n) is 12.6. The van der Waals surface area contributed by atoms with E-state index in [0.29, 0.717) is 17.5 Å². The summed E-state index contributed by atoms with van der Waals surface area (Å²) < 4.78 is 12.8. The third kappa shape index (κ3) is 3.13. The second-order valence-corrected chi connectivity index (χ2v) is 6.56. The van der Waals surface area contributed by atoms with Crippen molar-refractivity contribution in [1.82, 2.24) is 5.32 Å². The summed E-state index contributed by atoms with van der Waals surface area (Å²) in [5.41, 5.74) is 0.411. The highest BCUT2D eigenvalue weighted by molar-refractivity contribution is 6.39. The Morgan fingerprint density at radius 2 is 1.86 bits per heavy atom. The molecule has 4 unspecified atom stereocenters. The van der Waals surface area contributed by atoms with E-state index in [-0.39, 0.29) is 11.9 Å². The van der Waals surface area contributed by atoms with Crippen molar-refractivity contribution in [2.75, 3.05) is 5.32 Å². The van der Waals surface area contributed by atoms with Gasteiger partial charge in [0.2, 0.25) is 0 Å². The topological polar surface area (TPSA) is 58.2 Å². The van der Waals surface area contributed by atoms with Gasteiger partial charge in [0, 0.05) is 11.7 Å². The minimum Gasteiger partial charge on any atom is -0.345 e. The number of hydrogen-bond acceptors (Lipinski definition) is 2. The van der Waals surface area contributed by atoms with Crippen molar-refractivity contribution in [3.05, 3.63) is 30.1 Å². The van der Waals surface area contributed by atoms with Crippen molar-refractivity contribution < 1.29 is 14.0 Å². The molecule has 2 saturated carbocycles. The number of fused-ring (bicyclic) bond motifs is 2. The molecule has 0 heterocycles. The maximum Gasteiger partial charge on any atom is 0.313 e. The lowest BCUT2D eigenvalue weighted by Gasteiger charge is -2.28. The number of halogens is 1. The van der Waals surface area contributed by atoms with Crippen LogP contribution in [0.15, 0.2) is 24.3 Å². The highest BCUT2D eigenvalue weighted by Crippen LogP contribution is 2.49. The Hall–Kier alpha value is -1.91. The fraction of sp³-hybridized carbons (Fsp3) is 0.529. The smallest absolute Gasteiger partial charge is 0.313 e. The lowest BCUT2D eigenvalue weighted by molar-refractivity contribution is -0.136. The van der Waals surface area contributed by atoms with Crippen molar-refractivity contribution in [2.45, 2.75) is 38.6 Å². The van der Waals surface area contributed by atoms with Crippen LogP contribution in [0.4, 0.5) is 10.1 Å². The number of nitrogens with one attached hydrogen (secondary N) is 2. The van der Waals surface area contributed by atoms with Crippen molar-refractivity contribution in [2.24, 2.45) is 17.8 Å². The van der Waals surface area contributed by atoms with E-state index in [9.17, 15) is 14.0 Å². The van der Waals surface area contributed by atoms with Crippen LogP contribution < -0.4 is 10.6 Å². The van der Waals surface area contributed by atoms with Crippen LogP contribution in [0.25, 0.3) is 0 Å². The van der Waals surface area contributed by atoms with Gasteiger partial charge in [-0.1, -0.05) is 6.42 Å². The van der Waals surface area contributed by atoms with Gasteiger partial charge >= 0.3 is 11.8 Å². The molecule has 3 rings (SSSR count). The van der Waals surface area contributed by atoms with Crippen LogP contribution in [0.3, 0.4) is 0 Å². The van der Waals surface area contributed by atoms with Gasteiger partial charge in [-0.2, -0.15) is 0 Å². The van der Waals surface area contributed by atoms with E-state index in [2.05, 4.69) is 10.6 Å². The number of benzene rings is 1. The number of rotatable bonds is 3. The first kappa shape index (κ1) is 15.0. The molecular weight excluding hydrogens is 283 g/mol. The van der Waals surface area contributed by atoms with Crippen molar-refractivity contribution in [3.8, 4) is 0 Å². The molecule has 22 heavy (non-hydrogen) atoms. The van der Waals surface area contributed by atoms with E-state index in [1.807, 2.05) is 6.92 Å². The van der Waals surface area contributed by atoms with Crippen molar-refractivity contribution in [3.63, 3.8) is 0 Å². The van der Waals surface area contributed by atoms with Gasteiger partial charge in [-0.3, -0.25) is 9.59 Å². The highest BCUT2D eigenvalue weighted by Gasteiger charge is 2.42. The van der Waals surface area contributed by atoms with Crippen molar-refractivity contribution in [1.29, 1.82) is 0 Å². The molecule has 118 valence electrons. The van der Waals surface area contributed by atoms with E-state index >= 15 is 0 Å². The van der Waals surface area contributed by atoms with E-state index in [1.165, 1.54) is 43.5 Å². The highest BCUT2D eigenvalue weighted by atomic mass is 19.1.